The summed E-state index contributed by atoms with van der Waals surface area (Å²) in [6.07, 6.45) is 9.23. The first-order valence-electron chi connectivity index (χ1n) is 13.0. The van der Waals surface area contributed by atoms with Crippen molar-refractivity contribution < 1.29 is 9.59 Å². The highest BCUT2D eigenvalue weighted by Gasteiger charge is 2.35. The molecule has 1 atom stereocenters. The molecule has 2 aliphatic heterocycles. The van der Waals surface area contributed by atoms with Crippen LogP contribution >= 0.6 is 0 Å². The summed E-state index contributed by atoms with van der Waals surface area (Å²) < 4.78 is 0. The van der Waals surface area contributed by atoms with Gasteiger partial charge in [-0.05, 0) is 61.1 Å². The second kappa shape index (κ2) is 10.2. The summed E-state index contributed by atoms with van der Waals surface area (Å²) >= 11 is 0. The van der Waals surface area contributed by atoms with Crippen molar-refractivity contribution in [1.29, 1.82) is 0 Å². The monoisotopic (exact) mass is 497 g/mol. The van der Waals surface area contributed by atoms with Gasteiger partial charge in [0.2, 0.25) is 5.91 Å². The molecule has 9 nitrogen and oxygen atoms in total. The minimum Gasteiger partial charge on any atom is -0.339 e. The molecule has 3 amide bonds. The van der Waals surface area contributed by atoms with Crippen LogP contribution in [0.3, 0.4) is 0 Å². The molecule has 9 heteroatoms. The Labute approximate surface area is 216 Å². The molecule has 1 aromatic carbocycles. The topological polar surface area (TPSA) is 102 Å². The SMILES string of the molecule is O=C(Nc1cncc(Nc2ccc(-c3ccc(N4CCCC4=O)cc3)cn2)c1)N1CCN[C@@H](C2CC2)C1. The van der Waals surface area contributed by atoms with Crippen LogP contribution in [0.25, 0.3) is 11.1 Å². The number of hydrogen-bond acceptors (Lipinski definition) is 6. The van der Waals surface area contributed by atoms with E-state index in [2.05, 4.69) is 25.9 Å². The number of rotatable bonds is 6. The van der Waals surface area contributed by atoms with E-state index in [0.717, 1.165) is 48.6 Å². The summed E-state index contributed by atoms with van der Waals surface area (Å²) in [6.45, 7) is 3.07. The number of carbonyl (C=O) groups excluding carboxylic acids is 2. The van der Waals surface area contributed by atoms with E-state index < -0.39 is 0 Å². The number of anilines is 4. The Bertz CT molecular complexity index is 1270. The quantitative estimate of drug-likeness (QED) is 0.471. The van der Waals surface area contributed by atoms with Gasteiger partial charge in [-0.1, -0.05) is 12.1 Å². The third-order valence-corrected chi connectivity index (χ3v) is 7.29. The molecule has 3 fully saturated rings. The maximum absolute atomic E-state index is 12.8. The third-order valence-electron chi connectivity index (χ3n) is 7.29. The number of nitrogens with zero attached hydrogens (tertiary/aromatic N) is 4. The minimum atomic E-state index is -0.0892. The van der Waals surface area contributed by atoms with E-state index in [9.17, 15) is 9.59 Å². The molecule has 3 aliphatic rings. The van der Waals surface area contributed by atoms with E-state index in [0.29, 0.717) is 36.4 Å². The van der Waals surface area contributed by atoms with Crippen LogP contribution in [-0.4, -0.2) is 59.0 Å². The van der Waals surface area contributed by atoms with Crippen molar-refractivity contribution in [1.82, 2.24) is 20.2 Å². The van der Waals surface area contributed by atoms with Crippen LogP contribution in [-0.2, 0) is 4.79 Å². The number of carbonyl (C=O) groups is 2. The molecule has 4 heterocycles. The molecule has 2 aromatic heterocycles. The molecule has 3 N–H and O–H groups in total. The Kier molecular flexibility index (Phi) is 6.44. The van der Waals surface area contributed by atoms with Crippen molar-refractivity contribution in [3.05, 3.63) is 61.1 Å². The largest absolute Gasteiger partial charge is 0.339 e. The number of aromatic nitrogens is 2. The highest BCUT2D eigenvalue weighted by molar-refractivity contribution is 5.95. The van der Waals surface area contributed by atoms with E-state index in [-0.39, 0.29) is 11.9 Å². The van der Waals surface area contributed by atoms with Crippen molar-refractivity contribution in [2.24, 2.45) is 5.92 Å². The zero-order valence-corrected chi connectivity index (χ0v) is 20.7. The van der Waals surface area contributed by atoms with Gasteiger partial charge in [0.25, 0.3) is 0 Å². The van der Waals surface area contributed by atoms with Gasteiger partial charge in [-0.25, -0.2) is 9.78 Å². The van der Waals surface area contributed by atoms with Crippen molar-refractivity contribution in [2.45, 2.75) is 31.7 Å². The standard InChI is InChI=1S/C28H31N7O2/c36-27-2-1-12-35(27)24-8-5-19(6-9-24)21-7-10-26(31-15-21)32-22-14-23(17-29-16-22)33-28(37)34-13-11-30-25(18-34)20-3-4-20/h5-10,14-17,20,25,30H,1-4,11-13,18H2,(H,31,32)(H,33,37)/t25-/m1/s1. The van der Waals surface area contributed by atoms with Gasteiger partial charge in [0.05, 0.1) is 23.8 Å². The molecule has 6 rings (SSSR count). The number of urea groups is 1. The highest BCUT2D eigenvalue weighted by atomic mass is 16.2. The van der Waals surface area contributed by atoms with Crippen LogP contribution < -0.4 is 20.9 Å². The summed E-state index contributed by atoms with van der Waals surface area (Å²) in [7, 11) is 0. The van der Waals surface area contributed by atoms with Crippen molar-refractivity contribution in [3.8, 4) is 11.1 Å². The molecule has 2 saturated heterocycles. The fourth-order valence-corrected chi connectivity index (χ4v) is 5.10. The lowest BCUT2D eigenvalue weighted by atomic mass is 10.1. The molecule has 0 bridgehead atoms. The number of amides is 3. The predicted octanol–water partition coefficient (Wildman–Crippen LogP) is 4.23. The molecule has 0 spiro atoms. The van der Waals surface area contributed by atoms with Crippen LogP contribution in [0, 0.1) is 5.92 Å². The van der Waals surface area contributed by atoms with E-state index in [1.807, 2.05) is 58.5 Å². The van der Waals surface area contributed by atoms with Gasteiger partial charge in [0, 0.05) is 56.1 Å². The van der Waals surface area contributed by atoms with Gasteiger partial charge >= 0.3 is 6.03 Å². The van der Waals surface area contributed by atoms with Gasteiger partial charge in [-0.3, -0.25) is 9.78 Å². The third kappa shape index (κ3) is 5.41. The second-order valence-corrected chi connectivity index (χ2v) is 9.99. The first kappa shape index (κ1) is 23.4. The van der Waals surface area contributed by atoms with Gasteiger partial charge in [-0.15, -0.1) is 0 Å². The number of nitrogens with one attached hydrogen (secondary N) is 3. The minimum absolute atomic E-state index is 0.0892. The van der Waals surface area contributed by atoms with Crippen LogP contribution in [0.15, 0.2) is 61.1 Å². The molecular weight excluding hydrogens is 466 g/mol. The number of pyridine rings is 2. The maximum Gasteiger partial charge on any atom is 0.321 e. The Hall–Kier alpha value is -3.98. The lowest BCUT2D eigenvalue weighted by Gasteiger charge is -2.33. The highest BCUT2D eigenvalue weighted by Crippen LogP contribution is 2.33. The Morgan fingerprint density at radius 3 is 2.51 bits per heavy atom. The summed E-state index contributed by atoms with van der Waals surface area (Å²) in [6, 6.07) is 14.1. The van der Waals surface area contributed by atoms with Crippen LogP contribution in [0.1, 0.15) is 25.7 Å². The first-order valence-corrected chi connectivity index (χ1v) is 13.0. The second-order valence-electron chi connectivity index (χ2n) is 9.99. The zero-order valence-electron chi connectivity index (χ0n) is 20.7. The van der Waals surface area contributed by atoms with E-state index in [4.69, 9.17) is 0 Å². The lowest BCUT2D eigenvalue weighted by Crippen LogP contribution is -2.54. The van der Waals surface area contributed by atoms with Crippen LogP contribution in [0.4, 0.5) is 27.7 Å². The molecule has 37 heavy (non-hydrogen) atoms. The van der Waals surface area contributed by atoms with E-state index >= 15 is 0 Å². The van der Waals surface area contributed by atoms with Crippen LogP contribution in [0.2, 0.25) is 0 Å². The Balaban J connectivity index is 1.07. The van der Waals surface area contributed by atoms with Gasteiger partial charge < -0.3 is 25.8 Å². The van der Waals surface area contributed by atoms with Crippen molar-refractivity contribution in [2.75, 3.05) is 41.7 Å². The summed E-state index contributed by atoms with van der Waals surface area (Å²) in [5.74, 6) is 1.58. The van der Waals surface area contributed by atoms with Crippen molar-refractivity contribution in [3.63, 3.8) is 0 Å². The summed E-state index contributed by atoms with van der Waals surface area (Å²) in [4.78, 5) is 37.4. The number of hydrogen-bond donors (Lipinski definition) is 3. The van der Waals surface area contributed by atoms with Gasteiger partial charge in [0.15, 0.2) is 0 Å². The van der Waals surface area contributed by atoms with Crippen LogP contribution in [0.5, 0.6) is 0 Å². The molecule has 190 valence electrons. The normalized spacial score (nSPS) is 19.7. The number of benzene rings is 1. The summed E-state index contributed by atoms with van der Waals surface area (Å²) in [5.41, 5.74) is 4.36. The molecule has 0 radical (unpaired) electrons. The maximum atomic E-state index is 12.8. The fourth-order valence-electron chi connectivity index (χ4n) is 5.10. The molecule has 1 saturated carbocycles. The predicted molar refractivity (Wildman–Crippen MR) is 144 cm³/mol. The molecule has 0 unspecified atom stereocenters. The number of piperazine rings is 1. The van der Waals surface area contributed by atoms with E-state index in [1.165, 1.54) is 12.8 Å². The smallest absolute Gasteiger partial charge is 0.321 e. The average molecular weight is 498 g/mol. The zero-order chi connectivity index (χ0) is 25.2. The first-order chi connectivity index (χ1) is 18.1. The molecular formula is C28H31N7O2. The van der Waals surface area contributed by atoms with Gasteiger partial charge in [-0.2, -0.15) is 0 Å². The fraction of sp³-hybridized carbons (Fsp3) is 0.357. The summed E-state index contributed by atoms with van der Waals surface area (Å²) in [5, 5.41) is 9.78. The van der Waals surface area contributed by atoms with E-state index in [1.54, 1.807) is 12.4 Å². The average Bonchev–Trinajstić information content (AvgIpc) is 3.70. The molecule has 1 aliphatic carbocycles. The molecule has 3 aromatic rings. The Morgan fingerprint density at radius 1 is 0.973 bits per heavy atom. The van der Waals surface area contributed by atoms with Gasteiger partial charge in [0.1, 0.15) is 5.82 Å². The Morgan fingerprint density at radius 2 is 1.78 bits per heavy atom. The lowest BCUT2D eigenvalue weighted by molar-refractivity contribution is -0.117. The van der Waals surface area contributed by atoms with Crippen molar-refractivity contribution >= 4 is 34.8 Å².